The van der Waals surface area contributed by atoms with Gasteiger partial charge in [-0.05, 0) is 32.5 Å². The molecule has 2 fully saturated rings. The van der Waals surface area contributed by atoms with Crippen molar-refractivity contribution in [1.82, 2.24) is 13.9 Å². The standard InChI is InChI=1S/C16H31BN4O7S/c1-12(18)14(22)19-16(15(23)24)11-21(10-13(16)6-5-7-17(25)26)29(27,28)20-8-3-2-4-9-20/h12-13,25-26H,2-11,18H2,1H3,(H,19,22)(H,23,24)/t12-,13-,16-/m0/s1. The first kappa shape index (κ1) is 24.0. The fourth-order valence-corrected chi connectivity index (χ4v) is 5.74. The number of carboxylic acid groups (broad SMARTS) is 1. The quantitative estimate of drug-likeness (QED) is 0.264. The van der Waals surface area contributed by atoms with Gasteiger partial charge >= 0.3 is 13.1 Å². The van der Waals surface area contributed by atoms with Gasteiger partial charge in [0.25, 0.3) is 10.2 Å². The molecule has 0 radical (unpaired) electrons. The summed E-state index contributed by atoms with van der Waals surface area (Å²) in [6.07, 6.45) is 2.93. The summed E-state index contributed by atoms with van der Waals surface area (Å²) in [5.41, 5.74) is 3.76. The largest absolute Gasteiger partial charge is 0.479 e. The van der Waals surface area contributed by atoms with Crippen molar-refractivity contribution in [2.24, 2.45) is 11.7 Å². The molecule has 0 aromatic carbocycles. The molecule has 2 heterocycles. The summed E-state index contributed by atoms with van der Waals surface area (Å²) in [5, 5.41) is 30.6. The minimum Gasteiger partial charge on any atom is -0.479 e. The van der Waals surface area contributed by atoms with E-state index in [-0.39, 0.29) is 25.7 Å². The van der Waals surface area contributed by atoms with Gasteiger partial charge in [-0.1, -0.05) is 12.8 Å². The van der Waals surface area contributed by atoms with E-state index >= 15 is 0 Å². The average molecular weight is 434 g/mol. The van der Waals surface area contributed by atoms with E-state index in [1.807, 2.05) is 0 Å². The maximum atomic E-state index is 13.1. The number of carbonyl (C=O) groups is 2. The lowest BCUT2D eigenvalue weighted by Crippen LogP contribution is -2.62. The molecular formula is C16H31BN4O7S. The van der Waals surface area contributed by atoms with Crippen molar-refractivity contribution in [1.29, 1.82) is 0 Å². The lowest BCUT2D eigenvalue weighted by Gasteiger charge is -2.33. The highest BCUT2D eigenvalue weighted by Crippen LogP contribution is 2.35. The van der Waals surface area contributed by atoms with Crippen molar-refractivity contribution in [2.75, 3.05) is 26.2 Å². The fraction of sp³-hybridized carbons (Fsp3) is 0.875. The smallest absolute Gasteiger partial charge is 0.451 e. The third-order valence-corrected chi connectivity index (χ3v) is 7.62. The highest BCUT2D eigenvalue weighted by molar-refractivity contribution is 7.86. The van der Waals surface area contributed by atoms with E-state index in [2.05, 4.69) is 5.32 Å². The number of amides is 1. The Balaban J connectivity index is 2.30. The molecule has 2 saturated heterocycles. The first-order valence-electron chi connectivity index (χ1n) is 9.93. The van der Waals surface area contributed by atoms with Gasteiger partial charge in [-0.15, -0.1) is 0 Å². The monoisotopic (exact) mass is 434 g/mol. The van der Waals surface area contributed by atoms with E-state index in [1.54, 1.807) is 0 Å². The highest BCUT2D eigenvalue weighted by atomic mass is 32.2. The summed E-state index contributed by atoms with van der Waals surface area (Å²) >= 11 is 0. The Morgan fingerprint density at radius 2 is 1.86 bits per heavy atom. The summed E-state index contributed by atoms with van der Waals surface area (Å²) in [5.74, 6) is -2.75. The van der Waals surface area contributed by atoms with Crippen molar-refractivity contribution in [2.45, 2.75) is 56.9 Å². The molecular weight excluding hydrogens is 403 g/mol. The summed E-state index contributed by atoms with van der Waals surface area (Å²) in [4.78, 5) is 24.5. The molecule has 2 aliphatic rings. The fourth-order valence-electron chi connectivity index (χ4n) is 3.96. The molecule has 2 rings (SSSR count). The van der Waals surface area contributed by atoms with Crippen molar-refractivity contribution in [3.63, 3.8) is 0 Å². The first-order chi connectivity index (χ1) is 13.5. The Morgan fingerprint density at radius 1 is 1.24 bits per heavy atom. The van der Waals surface area contributed by atoms with E-state index in [9.17, 15) is 23.1 Å². The number of hydrogen-bond donors (Lipinski definition) is 5. The number of carboxylic acids is 1. The Bertz CT molecular complexity index is 699. The second-order valence-corrected chi connectivity index (χ2v) is 9.85. The number of nitrogens with one attached hydrogen (secondary N) is 1. The van der Waals surface area contributed by atoms with Crippen LogP contribution in [0.1, 0.15) is 39.0 Å². The number of nitrogens with zero attached hydrogens (tertiary/aromatic N) is 2. The SMILES string of the molecule is C[C@H](N)C(=O)N[C@@]1(C(=O)O)CN(S(=O)(=O)N2CCCCC2)C[C@@H]1CCCB(O)O. The van der Waals surface area contributed by atoms with E-state index < -0.39 is 53.2 Å². The van der Waals surface area contributed by atoms with Crippen LogP contribution in [0.3, 0.4) is 0 Å². The van der Waals surface area contributed by atoms with Crippen LogP contribution < -0.4 is 11.1 Å². The third kappa shape index (κ3) is 5.47. The average Bonchev–Trinajstić information content (AvgIpc) is 3.02. The van der Waals surface area contributed by atoms with Crippen molar-refractivity contribution >= 4 is 29.2 Å². The van der Waals surface area contributed by atoms with Gasteiger partial charge in [-0.25, -0.2) is 4.79 Å². The predicted octanol–water partition coefficient (Wildman–Crippen LogP) is -1.81. The molecule has 13 heteroatoms. The van der Waals surface area contributed by atoms with Crippen LogP contribution in [0.2, 0.25) is 6.32 Å². The summed E-state index contributed by atoms with van der Waals surface area (Å²) in [7, 11) is -5.41. The lowest BCUT2D eigenvalue weighted by atomic mass is 9.78. The summed E-state index contributed by atoms with van der Waals surface area (Å²) < 4.78 is 28.7. The first-order valence-corrected chi connectivity index (χ1v) is 11.3. The number of rotatable bonds is 9. The zero-order valence-electron chi connectivity index (χ0n) is 16.7. The van der Waals surface area contributed by atoms with Gasteiger partial charge in [0.05, 0.1) is 6.04 Å². The maximum Gasteiger partial charge on any atom is 0.451 e. The van der Waals surface area contributed by atoms with Gasteiger partial charge < -0.3 is 26.2 Å². The molecule has 0 bridgehead atoms. The van der Waals surface area contributed by atoms with E-state index in [1.165, 1.54) is 11.2 Å². The minimum atomic E-state index is -3.87. The van der Waals surface area contributed by atoms with Gasteiger partial charge in [0.2, 0.25) is 5.91 Å². The van der Waals surface area contributed by atoms with Gasteiger partial charge in [-0.2, -0.15) is 17.0 Å². The zero-order valence-corrected chi connectivity index (χ0v) is 17.5. The Morgan fingerprint density at radius 3 is 2.38 bits per heavy atom. The van der Waals surface area contributed by atoms with Crippen LogP contribution in [0.15, 0.2) is 0 Å². The number of piperidine rings is 1. The Kier molecular flexibility index (Phi) is 8.04. The molecule has 29 heavy (non-hydrogen) atoms. The molecule has 1 amide bonds. The van der Waals surface area contributed by atoms with Crippen molar-refractivity contribution in [3.8, 4) is 0 Å². The number of hydrogen-bond acceptors (Lipinski definition) is 7. The second kappa shape index (κ2) is 9.71. The molecule has 2 aliphatic heterocycles. The third-order valence-electron chi connectivity index (χ3n) is 5.67. The normalized spacial score (nSPS) is 27.5. The molecule has 11 nitrogen and oxygen atoms in total. The van der Waals surface area contributed by atoms with Crippen molar-refractivity contribution in [3.05, 3.63) is 0 Å². The summed E-state index contributed by atoms with van der Waals surface area (Å²) in [6.45, 7) is 1.70. The van der Waals surface area contributed by atoms with Crippen LogP contribution in [-0.4, -0.2) is 88.9 Å². The molecule has 166 valence electrons. The molecule has 0 saturated carbocycles. The molecule has 0 spiro atoms. The van der Waals surface area contributed by atoms with E-state index in [0.29, 0.717) is 13.1 Å². The predicted molar refractivity (Wildman–Crippen MR) is 106 cm³/mol. The van der Waals surface area contributed by atoms with Gasteiger partial charge in [-0.3, -0.25) is 4.79 Å². The zero-order chi connectivity index (χ0) is 21.8. The lowest BCUT2D eigenvalue weighted by molar-refractivity contribution is -0.149. The molecule has 6 N–H and O–H groups in total. The van der Waals surface area contributed by atoms with Gasteiger partial charge in [0, 0.05) is 32.1 Å². The molecule has 0 aliphatic carbocycles. The maximum absolute atomic E-state index is 13.1. The van der Waals surface area contributed by atoms with E-state index in [4.69, 9.17) is 15.8 Å². The highest BCUT2D eigenvalue weighted by Gasteiger charge is 2.56. The van der Waals surface area contributed by atoms with Crippen LogP contribution in [0.4, 0.5) is 0 Å². The Labute approximate surface area is 171 Å². The Hall–Kier alpha value is -1.25. The van der Waals surface area contributed by atoms with Crippen LogP contribution in [0, 0.1) is 5.92 Å². The van der Waals surface area contributed by atoms with Gasteiger partial charge in [0.1, 0.15) is 0 Å². The van der Waals surface area contributed by atoms with Crippen LogP contribution >= 0.6 is 0 Å². The topological polar surface area (TPSA) is 173 Å². The molecule has 0 unspecified atom stereocenters. The number of aliphatic carboxylic acids is 1. The molecule has 3 atom stereocenters. The van der Waals surface area contributed by atoms with Crippen LogP contribution in [0.5, 0.6) is 0 Å². The van der Waals surface area contributed by atoms with Crippen LogP contribution in [-0.2, 0) is 19.8 Å². The minimum absolute atomic E-state index is 0.0202. The van der Waals surface area contributed by atoms with Crippen molar-refractivity contribution < 1.29 is 33.2 Å². The summed E-state index contributed by atoms with van der Waals surface area (Å²) in [6, 6.07) is -0.959. The molecule has 0 aromatic heterocycles. The van der Waals surface area contributed by atoms with Gasteiger partial charge in [0.15, 0.2) is 5.54 Å². The second-order valence-electron chi connectivity index (χ2n) is 7.92. The number of carbonyl (C=O) groups excluding carboxylic acids is 1. The number of nitrogens with two attached hydrogens (primary N) is 1. The molecule has 0 aromatic rings. The van der Waals surface area contributed by atoms with E-state index in [0.717, 1.165) is 23.6 Å². The van der Waals surface area contributed by atoms with Crippen LogP contribution in [0.25, 0.3) is 0 Å².